The summed E-state index contributed by atoms with van der Waals surface area (Å²) in [6.45, 7) is 1.02. The van der Waals surface area contributed by atoms with Crippen LogP contribution in [0.25, 0.3) is 0 Å². The zero-order chi connectivity index (χ0) is 18.9. The maximum Gasteiger partial charge on any atom is 0.226 e. The van der Waals surface area contributed by atoms with E-state index in [1.807, 2.05) is 47.8 Å². The molecule has 2 aromatic carbocycles. The zero-order valence-electron chi connectivity index (χ0n) is 14.9. The number of amides is 1. The summed E-state index contributed by atoms with van der Waals surface area (Å²) in [5, 5.41) is 14.9. The molecular formula is C21H22N2O3S. The van der Waals surface area contributed by atoms with E-state index in [-0.39, 0.29) is 18.1 Å². The first-order chi connectivity index (χ1) is 13.2. The molecule has 0 aliphatic carbocycles. The average molecular weight is 382 g/mol. The van der Waals surface area contributed by atoms with Gasteiger partial charge in [-0.25, -0.2) is 4.98 Å². The Morgan fingerprint density at radius 3 is 2.67 bits per heavy atom. The number of para-hydroxylation sites is 1. The van der Waals surface area contributed by atoms with Gasteiger partial charge in [0.25, 0.3) is 0 Å². The molecule has 0 saturated heterocycles. The number of ether oxygens (including phenoxy) is 1. The number of nitrogens with one attached hydrogen (secondary N) is 1. The SMILES string of the molecule is O=C(Cc1csc(COc2ccccc2)n1)NCCCc1ccc(O)cc1. The number of aromatic hydroxyl groups is 1. The van der Waals surface area contributed by atoms with Crippen LogP contribution in [0.4, 0.5) is 0 Å². The van der Waals surface area contributed by atoms with E-state index in [0.29, 0.717) is 13.2 Å². The van der Waals surface area contributed by atoms with Crippen molar-refractivity contribution in [2.45, 2.75) is 25.9 Å². The van der Waals surface area contributed by atoms with Crippen LogP contribution in [0.1, 0.15) is 22.7 Å². The van der Waals surface area contributed by atoms with Crippen molar-refractivity contribution in [3.05, 3.63) is 76.2 Å². The number of carbonyl (C=O) groups is 1. The van der Waals surface area contributed by atoms with E-state index in [9.17, 15) is 9.90 Å². The van der Waals surface area contributed by atoms with Gasteiger partial charge in [0, 0.05) is 11.9 Å². The Kier molecular flexibility index (Phi) is 6.82. The van der Waals surface area contributed by atoms with Gasteiger partial charge in [0.1, 0.15) is 23.1 Å². The van der Waals surface area contributed by atoms with Crippen molar-refractivity contribution in [1.82, 2.24) is 10.3 Å². The molecule has 1 aromatic heterocycles. The number of thiazole rings is 1. The number of aryl methyl sites for hydroxylation is 1. The second-order valence-electron chi connectivity index (χ2n) is 6.13. The molecule has 0 radical (unpaired) electrons. The molecule has 0 saturated carbocycles. The Morgan fingerprint density at radius 1 is 1.11 bits per heavy atom. The lowest BCUT2D eigenvalue weighted by atomic mass is 10.1. The molecule has 0 bridgehead atoms. The molecule has 0 unspecified atom stereocenters. The molecule has 0 aliphatic heterocycles. The summed E-state index contributed by atoms with van der Waals surface area (Å²) in [4.78, 5) is 16.5. The van der Waals surface area contributed by atoms with Gasteiger partial charge in [-0.15, -0.1) is 11.3 Å². The summed E-state index contributed by atoms with van der Waals surface area (Å²) >= 11 is 1.50. The topological polar surface area (TPSA) is 71.5 Å². The minimum Gasteiger partial charge on any atom is -0.508 e. The monoisotopic (exact) mass is 382 g/mol. The van der Waals surface area contributed by atoms with E-state index in [4.69, 9.17) is 4.74 Å². The first kappa shape index (κ1) is 18.9. The van der Waals surface area contributed by atoms with Crippen LogP contribution in [0.3, 0.4) is 0 Å². The number of nitrogens with zero attached hydrogens (tertiary/aromatic N) is 1. The Hall–Kier alpha value is -2.86. The largest absolute Gasteiger partial charge is 0.508 e. The summed E-state index contributed by atoms with van der Waals surface area (Å²) in [5.41, 5.74) is 1.91. The Morgan fingerprint density at radius 2 is 1.89 bits per heavy atom. The molecule has 1 heterocycles. The molecule has 3 aromatic rings. The van der Waals surface area contributed by atoms with Crippen LogP contribution in [-0.2, 0) is 24.2 Å². The summed E-state index contributed by atoms with van der Waals surface area (Å²) in [6, 6.07) is 16.7. The van der Waals surface area contributed by atoms with Crippen molar-refractivity contribution in [2.24, 2.45) is 0 Å². The van der Waals surface area contributed by atoms with E-state index < -0.39 is 0 Å². The highest BCUT2D eigenvalue weighted by Gasteiger charge is 2.08. The van der Waals surface area contributed by atoms with Crippen molar-refractivity contribution < 1.29 is 14.6 Å². The summed E-state index contributed by atoms with van der Waals surface area (Å²) < 4.78 is 5.67. The van der Waals surface area contributed by atoms with Crippen LogP contribution in [0.2, 0.25) is 0 Å². The number of carbonyl (C=O) groups excluding carboxylic acids is 1. The summed E-state index contributed by atoms with van der Waals surface area (Å²) in [6.07, 6.45) is 1.99. The molecule has 0 aliphatic rings. The molecule has 0 spiro atoms. The second-order valence-corrected chi connectivity index (χ2v) is 7.07. The van der Waals surface area contributed by atoms with Gasteiger partial charge in [0.2, 0.25) is 5.91 Å². The average Bonchev–Trinajstić information content (AvgIpc) is 3.13. The number of rotatable bonds is 9. The highest BCUT2D eigenvalue weighted by atomic mass is 32.1. The highest BCUT2D eigenvalue weighted by Crippen LogP contribution is 2.15. The van der Waals surface area contributed by atoms with E-state index in [0.717, 1.165) is 34.9 Å². The van der Waals surface area contributed by atoms with Gasteiger partial charge in [-0.05, 0) is 42.7 Å². The first-order valence-electron chi connectivity index (χ1n) is 8.85. The van der Waals surface area contributed by atoms with Gasteiger partial charge in [0.05, 0.1) is 12.1 Å². The van der Waals surface area contributed by atoms with E-state index in [1.165, 1.54) is 11.3 Å². The zero-order valence-corrected chi connectivity index (χ0v) is 15.7. The maximum atomic E-state index is 12.0. The van der Waals surface area contributed by atoms with Gasteiger partial charge in [-0.2, -0.15) is 0 Å². The third-order valence-corrected chi connectivity index (χ3v) is 4.82. The van der Waals surface area contributed by atoms with E-state index >= 15 is 0 Å². The lowest BCUT2D eigenvalue weighted by Crippen LogP contribution is -2.26. The van der Waals surface area contributed by atoms with E-state index in [2.05, 4.69) is 10.3 Å². The molecule has 6 heteroatoms. The van der Waals surface area contributed by atoms with Crippen LogP contribution in [0.15, 0.2) is 60.0 Å². The molecule has 2 N–H and O–H groups in total. The van der Waals surface area contributed by atoms with Crippen molar-refractivity contribution in [1.29, 1.82) is 0 Å². The summed E-state index contributed by atoms with van der Waals surface area (Å²) in [5.74, 6) is 1.05. The van der Waals surface area contributed by atoms with Crippen LogP contribution < -0.4 is 10.1 Å². The van der Waals surface area contributed by atoms with Gasteiger partial charge in [-0.3, -0.25) is 4.79 Å². The fraction of sp³-hybridized carbons (Fsp3) is 0.238. The number of hydrogen-bond acceptors (Lipinski definition) is 5. The maximum absolute atomic E-state index is 12.0. The lowest BCUT2D eigenvalue weighted by Gasteiger charge is -2.05. The molecule has 27 heavy (non-hydrogen) atoms. The number of aromatic nitrogens is 1. The predicted molar refractivity (Wildman–Crippen MR) is 106 cm³/mol. The van der Waals surface area contributed by atoms with E-state index in [1.54, 1.807) is 12.1 Å². The normalized spacial score (nSPS) is 10.5. The van der Waals surface area contributed by atoms with Crippen LogP contribution >= 0.6 is 11.3 Å². The highest BCUT2D eigenvalue weighted by molar-refractivity contribution is 7.09. The number of phenols is 1. The van der Waals surface area contributed by atoms with Gasteiger partial charge in [0.15, 0.2) is 0 Å². The molecule has 1 amide bonds. The van der Waals surface area contributed by atoms with Gasteiger partial charge in [-0.1, -0.05) is 30.3 Å². The lowest BCUT2D eigenvalue weighted by molar-refractivity contribution is -0.120. The molecule has 140 valence electrons. The van der Waals surface area contributed by atoms with Crippen molar-refractivity contribution in [3.63, 3.8) is 0 Å². The Labute approximate surface area is 162 Å². The third kappa shape index (κ3) is 6.42. The smallest absolute Gasteiger partial charge is 0.226 e. The Bertz CT molecular complexity index is 847. The molecular weight excluding hydrogens is 360 g/mol. The minimum atomic E-state index is -0.0264. The quantitative estimate of drug-likeness (QED) is 0.553. The van der Waals surface area contributed by atoms with Crippen LogP contribution in [0, 0.1) is 0 Å². The van der Waals surface area contributed by atoms with Gasteiger partial charge >= 0.3 is 0 Å². The number of phenolic OH excluding ortho intramolecular Hbond substituents is 1. The van der Waals surface area contributed by atoms with Crippen molar-refractivity contribution >= 4 is 17.2 Å². The fourth-order valence-corrected chi connectivity index (χ4v) is 3.27. The second kappa shape index (κ2) is 9.73. The molecule has 3 rings (SSSR count). The van der Waals surface area contributed by atoms with Crippen molar-refractivity contribution in [3.8, 4) is 11.5 Å². The predicted octanol–water partition coefficient (Wildman–Crippen LogP) is 3.72. The number of hydrogen-bond donors (Lipinski definition) is 2. The van der Waals surface area contributed by atoms with Crippen molar-refractivity contribution in [2.75, 3.05) is 6.54 Å². The Balaban J connectivity index is 1.35. The molecule has 0 fully saturated rings. The van der Waals surface area contributed by atoms with Gasteiger partial charge < -0.3 is 15.2 Å². The fourth-order valence-electron chi connectivity index (χ4n) is 2.57. The third-order valence-electron chi connectivity index (χ3n) is 3.95. The van der Waals surface area contributed by atoms with Crippen LogP contribution in [-0.4, -0.2) is 22.5 Å². The minimum absolute atomic E-state index is 0.0264. The van der Waals surface area contributed by atoms with Crippen LogP contribution in [0.5, 0.6) is 11.5 Å². The molecule has 0 atom stereocenters. The standard InChI is InChI=1S/C21H22N2O3S/c24-18-10-8-16(9-11-18)5-4-12-22-20(25)13-17-15-27-21(23-17)14-26-19-6-2-1-3-7-19/h1-3,6-11,15,24H,4-5,12-14H2,(H,22,25). The number of benzene rings is 2. The first-order valence-corrected chi connectivity index (χ1v) is 9.73. The summed E-state index contributed by atoms with van der Waals surface area (Å²) in [7, 11) is 0. The molecule has 5 nitrogen and oxygen atoms in total.